The lowest BCUT2D eigenvalue weighted by Crippen LogP contribution is -2.50. The van der Waals surface area contributed by atoms with Gasteiger partial charge in [0.1, 0.15) is 0 Å². The average Bonchev–Trinajstić information content (AvgIpc) is 2.52. The molecule has 1 rings (SSSR count). The molecule has 25 heavy (non-hydrogen) atoms. The second-order valence-electron chi connectivity index (χ2n) is 6.83. The van der Waals surface area contributed by atoms with Gasteiger partial charge in [-0.1, -0.05) is 34.6 Å². The van der Waals surface area contributed by atoms with Gasteiger partial charge in [0.25, 0.3) is 5.91 Å². The molecule has 0 heterocycles. The second-order valence-corrected chi connectivity index (χ2v) is 7.24. The fraction of sp³-hybridized carbons (Fsp3) is 0.412. The molecular formula is C17H24N4O3S. The van der Waals surface area contributed by atoms with Crippen LogP contribution in [0.5, 0.6) is 0 Å². The monoisotopic (exact) mass is 364 g/mol. The van der Waals surface area contributed by atoms with Gasteiger partial charge in [-0.2, -0.15) is 0 Å². The van der Waals surface area contributed by atoms with Crippen LogP contribution in [0.3, 0.4) is 0 Å². The van der Waals surface area contributed by atoms with Gasteiger partial charge in [0.15, 0.2) is 5.11 Å². The molecule has 7 nitrogen and oxygen atoms in total. The summed E-state index contributed by atoms with van der Waals surface area (Å²) >= 11 is 4.95. The van der Waals surface area contributed by atoms with Crippen molar-refractivity contribution in [3.8, 4) is 0 Å². The fourth-order valence-electron chi connectivity index (χ4n) is 1.50. The number of nitrogens with one attached hydrogen (secondary N) is 4. The van der Waals surface area contributed by atoms with Gasteiger partial charge in [-0.05, 0) is 36.5 Å². The van der Waals surface area contributed by atoms with Crippen LogP contribution in [0.2, 0.25) is 0 Å². The summed E-state index contributed by atoms with van der Waals surface area (Å²) in [5, 5.41) is 5.23. The summed E-state index contributed by atoms with van der Waals surface area (Å²) in [5.41, 5.74) is 5.27. The predicted octanol–water partition coefficient (Wildman–Crippen LogP) is 1.96. The Kier molecular flexibility index (Phi) is 7.05. The first-order chi connectivity index (χ1) is 11.5. The topological polar surface area (TPSA) is 99.3 Å². The lowest BCUT2D eigenvalue weighted by molar-refractivity contribution is -0.127. The first-order valence-corrected chi connectivity index (χ1v) is 8.24. The molecule has 0 aliphatic carbocycles. The summed E-state index contributed by atoms with van der Waals surface area (Å²) in [5.74, 6) is -0.908. The number of amides is 3. The van der Waals surface area contributed by atoms with Crippen LogP contribution in [-0.4, -0.2) is 22.8 Å². The van der Waals surface area contributed by atoms with Gasteiger partial charge in [-0.25, -0.2) is 0 Å². The summed E-state index contributed by atoms with van der Waals surface area (Å²) < 4.78 is 0. The van der Waals surface area contributed by atoms with Crippen molar-refractivity contribution in [2.45, 2.75) is 34.6 Å². The van der Waals surface area contributed by atoms with E-state index in [0.29, 0.717) is 11.3 Å². The Bertz CT molecular complexity index is 663. The molecular weight excluding hydrogens is 340 g/mol. The van der Waals surface area contributed by atoms with Gasteiger partial charge in [0.05, 0.1) is 0 Å². The standard InChI is InChI=1S/C17H24N4O3S/c1-10(2)13(22)18-12-8-6-11(7-9-12)14(23)20-21-16(25)19-15(24)17(3,4)5/h6-10H,1-5H3,(H,18,22)(H,20,23)(H2,19,21,24,25). The molecule has 1 aromatic rings. The molecule has 8 heteroatoms. The molecule has 1 aromatic carbocycles. The molecule has 0 fully saturated rings. The van der Waals surface area contributed by atoms with Gasteiger partial charge < -0.3 is 10.6 Å². The van der Waals surface area contributed by atoms with E-state index >= 15 is 0 Å². The van der Waals surface area contributed by atoms with Crippen molar-refractivity contribution in [3.05, 3.63) is 29.8 Å². The smallest absolute Gasteiger partial charge is 0.269 e. The quantitative estimate of drug-likeness (QED) is 0.485. The van der Waals surface area contributed by atoms with E-state index in [2.05, 4.69) is 21.5 Å². The Hall–Kier alpha value is -2.48. The molecule has 0 atom stereocenters. The van der Waals surface area contributed by atoms with Crippen LogP contribution in [0.25, 0.3) is 0 Å². The Labute approximate surface area is 152 Å². The van der Waals surface area contributed by atoms with Crippen LogP contribution < -0.4 is 21.5 Å². The molecule has 0 spiro atoms. The lowest BCUT2D eigenvalue weighted by Gasteiger charge is -2.18. The summed E-state index contributed by atoms with van der Waals surface area (Å²) in [6.45, 7) is 8.85. The number of benzene rings is 1. The lowest BCUT2D eigenvalue weighted by atomic mass is 9.96. The van der Waals surface area contributed by atoms with Crippen molar-refractivity contribution >= 4 is 40.7 Å². The van der Waals surface area contributed by atoms with Crippen LogP contribution in [0.1, 0.15) is 45.0 Å². The van der Waals surface area contributed by atoms with E-state index < -0.39 is 11.3 Å². The number of hydrogen-bond acceptors (Lipinski definition) is 4. The molecule has 0 unspecified atom stereocenters. The van der Waals surface area contributed by atoms with Crippen molar-refractivity contribution < 1.29 is 14.4 Å². The van der Waals surface area contributed by atoms with Crippen molar-refractivity contribution in [2.75, 3.05) is 5.32 Å². The maximum absolute atomic E-state index is 12.0. The molecule has 0 aliphatic rings. The van der Waals surface area contributed by atoms with Crippen LogP contribution >= 0.6 is 12.2 Å². The highest BCUT2D eigenvalue weighted by Gasteiger charge is 2.22. The number of hydrogen-bond donors (Lipinski definition) is 4. The van der Waals surface area contributed by atoms with Gasteiger partial charge in [0, 0.05) is 22.6 Å². The van der Waals surface area contributed by atoms with E-state index in [1.54, 1.807) is 58.9 Å². The fourth-order valence-corrected chi connectivity index (χ4v) is 1.64. The molecule has 0 aliphatic heterocycles. The normalized spacial score (nSPS) is 10.8. The molecule has 3 amide bonds. The molecule has 0 radical (unpaired) electrons. The molecule has 0 saturated carbocycles. The first kappa shape index (κ1) is 20.6. The van der Waals surface area contributed by atoms with Gasteiger partial charge >= 0.3 is 0 Å². The van der Waals surface area contributed by atoms with Crippen LogP contribution in [0.15, 0.2) is 24.3 Å². The minimum atomic E-state index is -0.591. The molecule has 0 saturated heterocycles. The maximum Gasteiger partial charge on any atom is 0.269 e. The summed E-state index contributed by atoms with van der Waals surface area (Å²) in [6.07, 6.45) is 0. The highest BCUT2D eigenvalue weighted by Crippen LogP contribution is 2.12. The molecule has 0 bridgehead atoms. The Morgan fingerprint density at radius 2 is 1.56 bits per heavy atom. The zero-order valence-electron chi connectivity index (χ0n) is 15.0. The summed E-state index contributed by atoms with van der Waals surface area (Å²) in [4.78, 5) is 35.4. The van der Waals surface area contributed by atoms with E-state index in [0.717, 1.165) is 0 Å². The van der Waals surface area contributed by atoms with Crippen molar-refractivity contribution in [1.82, 2.24) is 16.2 Å². The van der Waals surface area contributed by atoms with Crippen molar-refractivity contribution in [3.63, 3.8) is 0 Å². The zero-order chi connectivity index (χ0) is 19.2. The van der Waals surface area contributed by atoms with E-state index in [1.165, 1.54) is 0 Å². The first-order valence-electron chi connectivity index (χ1n) is 7.83. The molecule has 0 aromatic heterocycles. The molecule has 136 valence electrons. The van der Waals surface area contributed by atoms with E-state index in [4.69, 9.17) is 12.2 Å². The van der Waals surface area contributed by atoms with Gasteiger partial charge in [-0.3, -0.25) is 25.2 Å². The second kappa shape index (κ2) is 8.57. The van der Waals surface area contributed by atoms with Crippen molar-refractivity contribution in [1.29, 1.82) is 0 Å². The third-order valence-corrected chi connectivity index (χ3v) is 3.34. The summed E-state index contributed by atoms with van der Waals surface area (Å²) in [7, 11) is 0. The third-order valence-electron chi connectivity index (χ3n) is 3.14. The Morgan fingerprint density at radius 1 is 1.00 bits per heavy atom. The minimum Gasteiger partial charge on any atom is -0.326 e. The van der Waals surface area contributed by atoms with Crippen molar-refractivity contribution in [2.24, 2.45) is 11.3 Å². The minimum absolute atomic E-state index is 0.00842. The Balaban J connectivity index is 2.54. The van der Waals surface area contributed by atoms with Crippen LogP contribution in [0.4, 0.5) is 5.69 Å². The Morgan fingerprint density at radius 3 is 2.04 bits per heavy atom. The highest BCUT2D eigenvalue weighted by atomic mass is 32.1. The molecule has 4 N–H and O–H groups in total. The summed E-state index contributed by atoms with van der Waals surface area (Å²) in [6, 6.07) is 6.41. The van der Waals surface area contributed by atoms with E-state index in [1.807, 2.05) is 0 Å². The van der Waals surface area contributed by atoms with Gasteiger partial charge in [-0.15, -0.1) is 0 Å². The predicted molar refractivity (Wildman–Crippen MR) is 101 cm³/mol. The SMILES string of the molecule is CC(C)C(=O)Nc1ccc(C(=O)NNC(=S)NC(=O)C(C)(C)C)cc1. The van der Waals surface area contributed by atoms with E-state index in [-0.39, 0.29) is 22.8 Å². The number of hydrazine groups is 1. The highest BCUT2D eigenvalue weighted by molar-refractivity contribution is 7.80. The number of carbonyl (C=O) groups is 3. The van der Waals surface area contributed by atoms with Crippen LogP contribution in [0, 0.1) is 11.3 Å². The largest absolute Gasteiger partial charge is 0.326 e. The average molecular weight is 364 g/mol. The van der Waals surface area contributed by atoms with Crippen LogP contribution in [-0.2, 0) is 9.59 Å². The van der Waals surface area contributed by atoms with Gasteiger partial charge in [0.2, 0.25) is 11.8 Å². The number of carbonyl (C=O) groups excluding carboxylic acids is 3. The third kappa shape index (κ3) is 6.88. The number of thiocarbonyl (C=S) groups is 1. The zero-order valence-corrected chi connectivity index (χ0v) is 15.8. The maximum atomic E-state index is 12.0. The number of anilines is 1. The van der Waals surface area contributed by atoms with E-state index in [9.17, 15) is 14.4 Å². The number of rotatable bonds is 3.